The molecule has 8 heteroatoms. The molecule has 18 rings (SSSR count). The summed E-state index contributed by atoms with van der Waals surface area (Å²) < 4.78 is 28.1. The van der Waals surface area contributed by atoms with E-state index >= 15 is 0 Å². The summed E-state index contributed by atoms with van der Waals surface area (Å²) in [5.74, 6) is 0. The summed E-state index contributed by atoms with van der Waals surface area (Å²) in [6, 6.07) is 90.7. The molecule has 0 saturated heterocycles. The first-order valence-electron chi connectivity index (χ1n) is 28.6. The number of hydrogen-bond donors (Lipinski definition) is 0. The van der Waals surface area contributed by atoms with Crippen LogP contribution in [-0.4, -0.2) is 0 Å². The molecule has 0 radical (unpaired) electrons. The fourth-order valence-corrected chi connectivity index (χ4v) is 13.8. The van der Waals surface area contributed by atoms with E-state index in [0.717, 1.165) is 154 Å². The molecule has 8 nitrogen and oxygen atoms in total. The van der Waals surface area contributed by atoms with Crippen molar-refractivity contribution < 1.29 is 17.7 Å². The maximum Gasteiger partial charge on any atom is 0.229 e. The number of benzene rings is 14. The molecule has 86 heavy (non-hydrogen) atoms. The first-order chi connectivity index (χ1) is 42.6. The van der Waals surface area contributed by atoms with Crippen LogP contribution < -0.4 is 9.80 Å². The zero-order valence-corrected chi connectivity index (χ0v) is 45.7. The van der Waals surface area contributed by atoms with Crippen LogP contribution in [0.5, 0.6) is 0 Å². The minimum Gasteiger partial charge on any atom is -0.465 e. The topological polar surface area (TPSA) is 87.2 Å². The van der Waals surface area contributed by atoms with Gasteiger partial charge in [-0.1, -0.05) is 200 Å². The third-order valence-corrected chi connectivity index (χ3v) is 17.5. The van der Waals surface area contributed by atoms with Gasteiger partial charge in [0.2, 0.25) is 5.69 Å². The van der Waals surface area contributed by atoms with Crippen molar-refractivity contribution in [3.8, 4) is 28.3 Å². The Bertz CT molecular complexity index is 5590. The quantitative estimate of drug-likeness (QED) is 0.111. The molecule has 0 bridgehead atoms. The van der Waals surface area contributed by atoms with Gasteiger partial charge in [-0.15, -0.1) is 0 Å². The van der Waals surface area contributed by atoms with Gasteiger partial charge in [-0.2, -0.15) is 5.26 Å². The predicted molar refractivity (Wildman–Crippen MR) is 350 cm³/mol. The lowest BCUT2D eigenvalue weighted by molar-refractivity contribution is 0.665. The summed E-state index contributed by atoms with van der Waals surface area (Å²) in [6.45, 7) is 8.21. The van der Waals surface area contributed by atoms with Gasteiger partial charge < -0.3 is 27.5 Å². The summed E-state index contributed by atoms with van der Waals surface area (Å²) in [5.41, 5.74) is 15.4. The number of hydrogen-bond acceptors (Lipinski definition) is 7. The summed E-state index contributed by atoms with van der Waals surface area (Å²) >= 11 is 0. The Morgan fingerprint density at radius 2 is 0.663 bits per heavy atom. The number of fused-ring (bicyclic) bond motifs is 12. The normalized spacial score (nSPS) is 11.9. The lowest BCUT2D eigenvalue weighted by Crippen LogP contribution is -2.13. The smallest absolute Gasteiger partial charge is 0.229 e. The van der Waals surface area contributed by atoms with Crippen LogP contribution in [0.2, 0.25) is 0 Å². The van der Waals surface area contributed by atoms with E-state index in [1.165, 1.54) is 0 Å². The van der Waals surface area contributed by atoms with Crippen LogP contribution in [0.1, 0.15) is 5.56 Å². The molecule has 0 saturated carbocycles. The average Bonchev–Trinajstić information content (AvgIpc) is 0.823. The van der Waals surface area contributed by atoms with E-state index in [9.17, 15) is 5.26 Å². The maximum absolute atomic E-state index is 10.5. The van der Waals surface area contributed by atoms with Gasteiger partial charge in [-0.25, -0.2) is 4.85 Å². The van der Waals surface area contributed by atoms with Gasteiger partial charge >= 0.3 is 0 Å². The monoisotopic (exact) mass is 1100 g/mol. The van der Waals surface area contributed by atoms with Gasteiger partial charge in [0, 0.05) is 64.6 Å². The molecule has 398 valence electrons. The fraction of sp³-hybridized carbons (Fsp3) is 0. The highest BCUT2D eigenvalue weighted by atomic mass is 16.3. The summed E-state index contributed by atoms with van der Waals surface area (Å²) in [7, 11) is 0. The average molecular weight is 1100 g/mol. The van der Waals surface area contributed by atoms with Gasteiger partial charge in [0.1, 0.15) is 22.8 Å². The zero-order chi connectivity index (χ0) is 56.7. The van der Waals surface area contributed by atoms with Crippen molar-refractivity contribution in [2.75, 3.05) is 9.80 Å². The van der Waals surface area contributed by atoms with E-state index in [1.807, 2.05) is 60.7 Å². The lowest BCUT2D eigenvalue weighted by Gasteiger charge is -2.31. The van der Waals surface area contributed by atoms with E-state index < -0.39 is 0 Å². The van der Waals surface area contributed by atoms with Gasteiger partial charge in [-0.05, 0) is 87.6 Å². The number of anilines is 6. The molecule has 0 aliphatic rings. The minimum absolute atomic E-state index is 0.448. The standard InChI is InChI=1S/C78H42N4O4/c1-80-62-31-13-26-55-57-30-17-35-66(78(57)86-74(55)62)82(64-33-15-28-53-49-24-9-11-37-70(49)84-76(53)64)68-43-61(46-20-6-3-7-21-46)51-38-40-58-67(42-60(45-18-4-2-5-19-45)50-39-41-59(68)72(51)71(50)58)81(63-32-14-27-52-48-23-8-10-36-69(48)83-75(52)63)65-34-16-29-56-54-25-12-22-47(44-79)73(54)85-77(56)65/h2-43H. The third-order valence-electron chi connectivity index (χ3n) is 17.5. The van der Waals surface area contributed by atoms with Crippen molar-refractivity contribution in [1.82, 2.24) is 0 Å². The second kappa shape index (κ2) is 18.2. The largest absolute Gasteiger partial charge is 0.465 e. The molecule has 0 amide bonds. The molecule has 18 aromatic rings. The maximum atomic E-state index is 10.5. The van der Waals surface area contributed by atoms with Crippen LogP contribution in [0.3, 0.4) is 0 Å². The molecule has 0 aliphatic carbocycles. The van der Waals surface area contributed by atoms with Crippen LogP contribution in [0.4, 0.5) is 39.8 Å². The Kier molecular flexibility index (Phi) is 10.1. The fourth-order valence-electron chi connectivity index (χ4n) is 13.8. The van der Waals surface area contributed by atoms with Crippen LogP contribution >= 0.6 is 0 Å². The van der Waals surface area contributed by atoms with Crippen molar-refractivity contribution in [3.63, 3.8) is 0 Å². The first-order valence-corrected chi connectivity index (χ1v) is 28.6. The molecule has 0 fully saturated rings. The van der Waals surface area contributed by atoms with Crippen molar-refractivity contribution >= 4 is 160 Å². The van der Waals surface area contributed by atoms with Crippen molar-refractivity contribution in [2.45, 2.75) is 0 Å². The predicted octanol–water partition coefficient (Wildman–Crippen LogP) is 22.9. The Labute approximate surface area is 490 Å². The van der Waals surface area contributed by atoms with Crippen LogP contribution in [0, 0.1) is 17.9 Å². The van der Waals surface area contributed by atoms with Crippen molar-refractivity contribution in [2.24, 2.45) is 0 Å². The second-order valence-corrected chi connectivity index (χ2v) is 21.9. The summed E-state index contributed by atoms with van der Waals surface area (Å²) in [4.78, 5) is 8.56. The summed E-state index contributed by atoms with van der Waals surface area (Å²) in [5, 5.41) is 24.2. The van der Waals surface area contributed by atoms with Crippen molar-refractivity contribution in [1.29, 1.82) is 5.26 Å². The molecule has 0 unspecified atom stereocenters. The number of nitriles is 1. The van der Waals surface area contributed by atoms with Crippen LogP contribution in [0.25, 0.3) is 147 Å². The van der Waals surface area contributed by atoms with Gasteiger partial charge in [-0.3, -0.25) is 0 Å². The Morgan fingerprint density at radius 3 is 1.13 bits per heavy atom. The highest BCUT2D eigenvalue weighted by Gasteiger charge is 2.31. The second-order valence-electron chi connectivity index (χ2n) is 21.9. The molecule has 4 heterocycles. The number of rotatable bonds is 8. The Hall–Kier alpha value is -12.1. The molecular formula is C78H42N4O4. The number of furan rings is 4. The van der Waals surface area contributed by atoms with Crippen LogP contribution in [0.15, 0.2) is 272 Å². The van der Waals surface area contributed by atoms with E-state index in [1.54, 1.807) is 0 Å². The molecular weight excluding hydrogens is 1060 g/mol. The van der Waals surface area contributed by atoms with Crippen LogP contribution in [-0.2, 0) is 0 Å². The lowest BCUT2D eigenvalue weighted by atomic mass is 9.85. The molecule has 14 aromatic carbocycles. The molecule has 0 atom stereocenters. The zero-order valence-electron chi connectivity index (χ0n) is 45.7. The number of nitrogens with zero attached hydrogens (tertiary/aromatic N) is 4. The highest BCUT2D eigenvalue weighted by molar-refractivity contribution is 6.33. The first kappa shape index (κ1) is 47.5. The third kappa shape index (κ3) is 6.72. The summed E-state index contributed by atoms with van der Waals surface area (Å²) in [6.07, 6.45) is 0. The molecule has 0 N–H and O–H groups in total. The molecule has 4 aromatic heterocycles. The van der Waals surface area contributed by atoms with E-state index in [-0.39, 0.29) is 0 Å². The molecule has 0 aliphatic heterocycles. The van der Waals surface area contributed by atoms with Gasteiger partial charge in [0.05, 0.1) is 46.3 Å². The van der Waals surface area contributed by atoms with E-state index in [4.69, 9.17) is 24.2 Å². The highest BCUT2D eigenvalue weighted by Crippen LogP contribution is 2.56. The number of para-hydroxylation sites is 8. The minimum atomic E-state index is 0.448. The molecule has 0 spiro atoms. The SMILES string of the molecule is [C-]#[N+]c1cccc2c1oc1c(N(c3cc(-c4ccccc4)c4ccc5c(N(c6cccc7c6oc6ccccc67)c6cccc7c6oc6c(C#N)cccc67)cc(-c6ccccc6)c6ccc3c4c65)c3cccc4c3oc3ccccc34)cccc12. The van der Waals surface area contributed by atoms with Crippen molar-refractivity contribution in [3.05, 3.63) is 272 Å². The van der Waals surface area contributed by atoms with Gasteiger partial charge in [0.25, 0.3) is 0 Å². The Morgan fingerprint density at radius 1 is 0.302 bits per heavy atom. The van der Waals surface area contributed by atoms with E-state index in [2.05, 4.69) is 215 Å². The van der Waals surface area contributed by atoms with Gasteiger partial charge in [0.15, 0.2) is 27.9 Å². The Balaban J connectivity index is 1.02. The van der Waals surface area contributed by atoms with E-state index in [0.29, 0.717) is 33.6 Å².